The van der Waals surface area contributed by atoms with Gasteiger partial charge in [0.15, 0.2) is 0 Å². The minimum atomic E-state index is -4.31. The first-order chi connectivity index (χ1) is 9.30. The van der Waals surface area contributed by atoms with Crippen LogP contribution in [-0.2, 0) is 4.74 Å². The molecule has 110 valence electrons. The van der Waals surface area contributed by atoms with E-state index in [9.17, 15) is 18.0 Å². The highest BCUT2D eigenvalue weighted by Crippen LogP contribution is 2.36. The summed E-state index contributed by atoms with van der Waals surface area (Å²) in [5.74, 6) is -0.766. The molecule has 0 aliphatic heterocycles. The van der Waals surface area contributed by atoms with Gasteiger partial charge in [0.25, 0.3) is 0 Å². The zero-order valence-corrected chi connectivity index (χ0v) is 11.3. The fourth-order valence-corrected chi connectivity index (χ4v) is 2.31. The lowest BCUT2D eigenvalue weighted by molar-refractivity contribution is -0.131. The molecule has 0 saturated heterocycles. The predicted octanol–water partition coefficient (Wildman–Crippen LogP) is 2.74. The molecule has 0 saturated carbocycles. The van der Waals surface area contributed by atoms with E-state index in [0.29, 0.717) is 0 Å². The zero-order valence-electron chi connectivity index (χ0n) is 10.5. The normalized spacial score (nSPS) is 10.9. The second-order valence-corrected chi connectivity index (χ2v) is 4.69. The maximum Gasteiger partial charge on any atom is 0.390 e. The molecule has 20 heavy (non-hydrogen) atoms. The molecule has 1 aromatic heterocycles. The van der Waals surface area contributed by atoms with E-state index in [1.807, 2.05) is 0 Å². The molecule has 0 aromatic carbocycles. The van der Waals surface area contributed by atoms with E-state index < -0.39 is 25.1 Å². The van der Waals surface area contributed by atoms with Crippen LogP contribution in [0.1, 0.15) is 28.6 Å². The number of carbonyl (C=O) groups is 1. The van der Waals surface area contributed by atoms with Crippen molar-refractivity contribution in [1.29, 1.82) is 5.26 Å². The first-order valence-corrected chi connectivity index (χ1v) is 6.42. The van der Waals surface area contributed by atoms with Gasteiger partial charge in [0.1, 0.15) is 21.5 Å². The van der Waals surface area contributed by atoms with Crippen molar-refractivity contribution in [2.45, 2.75) is 19.5 Å². The molecule has 1 aromatic rings. The van der Waals surface area contributed by atoms with E-state index in [1.54, 1.807) is 13.0 Å². The fraction of sp³-hybridized carbons (Fsp3) is 0.455. The van der Waals surface area contributed by atoms with E-state index >= 15 is 0 Å². The van der Waals surface area contributed by atoms with Crippen LogP contribution < -0.4 is 11.1 Å². The van der Waals surface area contributed by atoms with Crippen molar-refractivity contribution in [2.75, 3.05) is 24.2 Å². The van der Waals surface area contributed by atoms with Crippen LogP contribution in [0.5, 0.6) is 0 Å². The van der Waals surface area contributed by atoms with Crippen molar-refractivity contribution in [1.82, 2.24) is 0 Å². The summed E-state index contributed by atoms with van der Waals surface area (Å²) in [5, 5.41) is 11.4. The minimum absolute atomic E-state index is 0.0579. The molecule has 0 fully saturated rings. The number of ether oxygens (including phenoxy) is 1. The molecule has 0 unspecified atom stereocenters. The summed E-state index contributed by atoms with van der Waals surface area (Å²) in [6.07, 6.45) is -5.37. The standard InChI is InChI=1S/C11H12F3N3O2S/c1-2-19-10(18)7-8(16)6(5-15)20-9(7)17-4-3-11(12,13)14/h17H,2-4,16H2,1H3. The van der Waals surface area contributed by atoms with Crippen molar-refractivity contribution in [2.24, 2.45) is 0 Å². The maximum absolute atomic E-state index is 12.1. The molecule has 5 nitrogen and oxygen atoms in total. The van der Waals surface area contributed by atoms with Gasteiger partial charge in [-0.05, 0) is 6.92 Å². The molecular weight excluding hydrogens is 295 g/mol. The van der Waals surface area contributed by atoms with Crippen LogP contribution in [0.2, 0.25) is 0 Å². The lowest BCUT2D eigenvalue weighted by atomic mass is 10.2. The Morgan fingerprint density at radius 1 is 1.55 bits per heavy atom. The number of hydrogen-bond donors (Lipinski definition) is 2. The van der Waals surface area contributed by atoms with Crippen LogP contribution in [0.4, 0.5) is 23.9 Å². The van der Waals surface area contributed by atoms with Gasteiger partial charge in [-0.1, -0.05) is 0 Å². The summed E-state index contributed by atoms with van der Waals surface area (Å²) in [4.78, 5) is 11.8. The molecular formula is C11H12F3N3O2S. The number of rotatable bonds is 5. The first-order valence-electron chi connectivity index (χ1n) is 5.60. The highest BCUT2D eigenvalue weighted by atomic mass is 32.1. The monoisotopic (exact) mass is 307 g/mol. The summed E-state index contributed by atoms with van der Waals surface area (Å²) < 4.78 is 41.0. The molecule has 0 spiro atoms. The Kier molecular flexibility index (Phi) is 5.21. The molecule has 3 N–H and O–H groups in total. The Hall–Kier alpha value is -1.95. The molecule has 9 heteroatoms. The van der Waals surface area contributed by atoms with Gasteiger partial charge in [0.05, 0.1) is 18.7 Å². The molecule has 1 rings (SSSR count). The first kappa shape index (κ1) is 16.1. The summed E-state index contributed by atoms with van der Waals surface area (Å²) in [7, 11) is 0. The summed E-state index contributed by atoms with van der Waals surface area (Å²) in [5.41, 5.74) is 5.46. The topological polar surface area (TPSA) is 88.1 Å². The van der Waals surface area contributed by atoms with Gasteiger partial charge >= 0.3 is 12.1 Å². The molecule has 0 atom stereocenters. The van der Waals surface area contributed by atoms with Crippen molar-refractivity contribution in [3.8, 4) is 6.07 Å². The Balaban J connectivity index is 2.94. The van der Waals surface area contributed by atoms with Gasteiger partial charge in [-0.25, -0.2) is 4.79 Å². The van der Waals surface area contributed by atoms with Gasteiger partial charge in [0, 0.05) is 6.54 Å². The largest absolute Gasteiger partial charge is 0.462 e. The number of nitrogens with one attached hydrogen (secondary N) is 1. The SMILES string of the molecule is CCOC(=O)c1c(NCCC(F)(F)F)sc(C#N)c1N. The van der Waals surface area contributed by atoms with Gasteiger partial charge in [-0.15, -0.1) is 11.3 Å². The number of nitriles is 1. The number of thiophene rings is 1. The third kappa shape index (κ3) is 4.03. The van der Waals surface area contributed by atoms with E-state index in [-0.39, 0.29) is 27.7 Å². The lowest BCUT2D eigenvalue weighted by Crippen LogP contribution is -2.16. The molecule has 0 aliphatic rings. The fourth-order valence-electron chi connectivity index (χ4n) is 1.38. The minimum Gasteiger partial charge on any atom is -0.462 e. The number of anilines is 2. The lowest BCUT2D eigenvalue weighted by Gasteiger charge is -2.09. The van der Waals surface area contributed by atoms with Crippen LogP contribution in [0, 0.1) is 11.3 Å². The third-order valence-electron chi connectivity index (χ3n) is 2.22. The van der Waals surface area contributed by atoms with Crippen molar-refractivity contribution in [3.63, 3.8) is 0 Å². The predicted molar refractivity (Wildman–Crippen MR) is 68.6 cm³/mol. The number of nitrogens with zero attached hydrogens (tertiary/aromatic N) is 1. The quantitative estimate of drug-likeness (QED) is 0.817. The average molecular weight is 307 g/mol. The number of carbonyl (C=O) groups excluding carboxylic acids is 1. The van der Waals surface area contributed by atoms with Crippen LogP contribution in [-0.4, -0.2) is 25.3 Å². The smallest absolute Gasteiger partial charge is 0.390 e. The molecule has 0 amide bonds. The second kappa shape index (κ2) is 6.47. The molecule has 0 aliphatic carbocycles. The molecule has 0 radical (unpaired) electrons. The number of nitrogens with two attached hydrogens (primary N) is 1. The highest BCUT2D eigenvalue weighted by molar-refractivity contribution is 7.17. The third-order valence-corrected chi connectivity index (χ3v) is 3.29. The summed E-state index contributed by atoms with van der Waals surface area (Å²) >= 11 is 0.825. The van der Waals surface area contributed by atoms with E-state index in [4.69, 9.17) is 15.7 Å². The van der Waals surface area contributed by atoms with E-state index in [1.165, 1.54) is 0 Å². The molecule has 1 heterocycles. The van der Waals surface area contributed by atoms with Crippen molar-refractivity contribution in [3.05, 3.63) is 10.4 Å². The Bertz CT molecular complexity index is 534. The number of hydrogen-bond acceptors (Lipinski definition) is 6. The van der Waals surface area contributed by atoms with E-state index in [2.05, 4.69) is 5.32 Å². The van der Waals surface area contributed by atoms with Gasteiger partial charge in [-0.3, -0.25) is 0 Å². The summed E-state index contributed by atoms with van der Waals surface area (Å²) in [6, 6.07) is 1.78. The van der Waals surface area contributed by atoms with Crippen LogP contribution in [0.3, 0.4) is 0 Å². The average Bonchev–Trinajstić information content (AvgIpc) is 2.64. The zero-order chi connectivity index (χ0) is 15.3. The van der Waals surface area contributed by atoms with Gasteiger partial charge in [0.2, 0.25) is 0 Å². The molecule has 0 bridgehead atoms. The number of halogens is 3. The Labute approximate surface area is 117 Å². The van der Waals surface area contributed by atoms with Crippen LogP contribution in [0.25, 0.3) is 0 Å². The highest BCUT2D eigenvalue weighted by Gasteiger charge is 2.28. The number of alkyl halides is 3. The Morgan fingerprint density at radius 3 is 2.70 bits per heavy atom. The maximum atomic E-state index is 12.1. The number of esters is 1. The Morgan fingerprint density at radius 2 is 2.20 bits per heavy atom. The van der Waals surface area contributed by atoms with Crippen molar-refractivity contribution >= 4 is 28.0 Å². The van der Waals surface area contributed by atoms with E-state index in [0.717, 1.165) is 11.3 Å². The number of nitrogen functional groups attached to an aromatic ring is 1. The van der Waals surface area contributed by atoms with Crippen molar-refractivity contribution < 1.29 is 22.7 Å². The van der Waals surface area contributed by atoms with Gasteiger partial charge in [-0.2, -0.15) is 18.4 Å². The van der Waals surface area contributed by atoms with Gasteiger partial charge < -0.3 is 15.8 Å². The summed E-state index contributed by atoms with van der Waals surface area (Å²) in [6.45, 7) is 1.27. The van der Waals surface area contributed by atoms with Crippen LogP contribution >= 0.6 is 11.3 Å². The van der Waals surface area contributed by atoms with Crippen LogP contribution in [0.15, 0.2) is 0 Å². The second-order valence-electron chi connectivity index (χ2n) is 3.67.